The van der Waals surface area contributed by atoms with E-state index >= 15 is 0 Å². The van der Waals surface area contributed by atoms with E-state index in [1.165, 1.54) is 12.1 Å². The van der Waals surface area contributed by atoms with Gasteiger partial charge in [0.2, 0.25) is 0 Å². The van der Waals surface area contributed by atoms with Crippen LogP contribution in [0, 0.1) is 11.3 Å². The van der Waals surface area contributed by atoms with Gasteiger partial charge in [-0.2, -0.15) is 0 Å². The van der Waals surface area contributed by atoms with Crippen LogP contribution in [-0.4, -0.2) is 22.9 Å². The zero-order valence-electron chi connectivity index (χ0n) is 7.49. The highest BCUT2D eigenvalue weighted by Gasteiger charge is 2.62. The molecule has 13 heavy (non-hydrogen) atoms. The average molecular weight is 193 g/mol. The summed E-state index contributed by atoms with van der Waals surface area (Å²) < 4.78 is 2.26. The first-order valence-corrected chi connectivity index (χ1v) is 5.71. The third-order valence-corrected chi connectivity index (χ3v) is 4.12. The molecule has 2 aliphatic carbocycles. The van der Waals surface area contributed by atoms with Gasteiger partial charge in [-0.1, -0.05) is 18.0 Å². The van der Waals surface area contributed by atoms with Gasteiger partial charge in [0.1, 0.15) is 0 Å². The number of carbonyl (C=O) groups excluding carboxylic acids is 1. The zero-order valence-corrected chi connectivity index (χ0v) is 8.30. The summed E-state index contributed by atoms with van der Waals surface area (Å²) in [5.41, 5.74) is 1.52. The van der Waals surface area contributed by atoms with E-state index in [1.807, 2.05) is 6.08 Å². The topological polar surface area (TPSA) is 20.3 Å². The summed E-state index contributed by atoms with van der Waals surface area (Å²) >= 11 is 1.73. The van der Waals surface area contributed by atoms with Gasteiger partial charge in [-0.05, 0) is 18.4 Å². The lowest BCUT2D eigenvalue weighted by molar-refractivity contribution is -0.110. The van der Waals surface area contributed by atoms with Gasteiger partial charge >= 0.3 is 0 Å². The lowest BCUT2D eigenvalue weighted by Crippen LogP contribution is -2.17. The molecule has 1 saturated carbocycles. The van der Waals surface area contributed by atoms with Crippen molar-refractivity contribution in [1.29, 1.82) is 0 Å². The van der Waals surface area contributed by atoms with Crippen molar-refractivity contribution in [3.8, 4) is 0 Å². The van der Waals surface area contributed by atoms with Gasteiger partial charge in [-0.15, -0.1) is 0 Å². The van der Waals surface area contributed by atoms with Crippen molar-refractivity contribution in [3.63, 3.8) is 0 Å². The smallest absolute Gasteiger partial charge is 0.180 e. The van der Waals surface area contributed by atoms with Gasteiger partial charge in [-0.25, -0.2) is 0 Å². The second-order valence-corrected chi connectivity index (χ2v) is 4.76. The number of allylic oxidation sites excluding steroid dienone is 3. The van der Waals surface area contributed by atoms with E-state index in [9.17, 15) is 4.79 Å². The molecule has 0 radical (unpaired) electrons. The summed E-state index contributed by atoms with van der Waals surface area (Å²) in [6.45, 7) is 1.12. The number of hydrogen-bond donors (Lipinski definition) is 0. The zero-order chi connectivity index (χ0) is 9.05. The van der Waals surface area contributed by atoms with Crippen molar-refractivity contribution in [2.24, 2.45) is 11.3 Å². The molecule has 2 nitrogen and oxygen atoms in total. The van der Waals surface area contributed by atoms with E-state index in [2.05, 4.69) is 16.6 Å². The lowest BCUT2D eigenvalue weighted by Gasteiger charge is -2.23. The Morgan fingerprint density at radius 2 is 2.54 bits per heavy atom. The molecule has 0 aromatic heterocycles. The fraction of sp³-hybridized carbons (Fsp3) is 0.500. The van der Waals surface area contributed by atoms with Crippen LogP contribution in [-0.2, 0) is 4.79 Å². The fourth-order valence-electron chi connectivity index (χ4n) is 2.50. The highest BCUT2D eigenvalue weighted by Crippen LogP contribution is 2.66. The molecule has 0 aromatic carbocycles. The molecule has 1 saturated heterocycles. The SMILES string of the molecule is CSN1CC2CC23C=CC(=O)C=C13. The molecule has 2 atom stereocenters. The van der Waals surface area contributed by atoms with Crippen molar-refractivity contribution in [1.82, 2.24) is 4.31 Å². The number of ketones is 1. The first kappa shape index (κ1) is 7.68. The Kier molecular flexibility index (Phi) is 1.30. The average Bonchev–Trinajstić information content (AvgIpc) is 2.74. The molecule has 3 rings (SSSR count). The van der Waals surface area contributed by atoms with Gasteiger partial charge in [0, 0.05) is 30.0 Å². The Hall–Kier alpha value is -0.700. The molecule has 1 aliphatic heterocycles. The minimum Gasteiger partial charge on any atom is -0.319 e. The molecular weight excluding hydrogens is 182 g/mol. The second kappa shape index (κ2) is 2.21. The molecular formula is C10H11NOS. The van der Waals surface area contributed by atoms with Crippen LogP contribution >= 0.6 is 11.9 Å². The van der Waals surface area contributed by atoms with Crippen molar-refractivity contribution >= 4 is 17.7 Å². The van der Waals surface area contributed by atoms with Crippen LogP contribution in [0.5, 0.6) is 0 Å². The van der Waals surface area contributed by atoms with Gasteiger partial charge in [0.25, 0.3) is 0 Å². The summed E-state index contributed by atoms with van der Waals surface area (Å²) in [6, 6.07) is 0. The van der Waals surface area contributed by atoms with Gasteiger partial charge in [0.05, 0.1) is 0 Å². The Morgan fingerprint density at radius 1 is 1.69 bits per heavy atom. The number of rotatable bonds is 1. The fourth-order valence-corrected chi connectivity index (χ4v) is 3.25. The van der Waals surface area contributed by atoms with Gasteiger partial charge in [0.15, 0.2) is 5.78 Å². The van der Waals surface area contributed by atoms with Crippen LogP contribution in [0.3, 0.4) is 0 Å². The van der Waals surface area contributed by atoms with E-state index in [0.717, 1.165) is 12.5 Å². The molecule has 0 N–H and O–H groups in total. The molecule has 1 spiro atoms. The summed E-state index contributed by atoms with van der Waals surface area (Å²) in [7, 11) is 0. The summed E-state index contributed by atoms with van der Waals surface area (Å²) in [6.07, 6.45) is 8.98. The van der Waals surface area contributed by atoms with Gasteiger partial charge < -0.3 is 4.31 Å². The Morgan fingerprint density at radius 3 is 3.31 bits per heavy atom. The van der Waals surface area contributed by atoms with Crippen molar-refractivity contribution in [3.05, 3.63) is 23.9 Å². The largest absolute Gasteiger partial charge is 0.319 e. The second-order valence-electron chi connectivity index (χ2n) is 3.95. The minimum atomic E-state index is 0.146. The van der Waals surface area contributed by atoms with Crippen LogP contribution in [0.1, 0.15) is 6.42 Å². The Labute approximate surface area is 81.8 Å². The summed E-state index contributed by atoms with van der Waals surface area (Å²) in [4.78, 5) is 11.2. The van der Waals surface area contributed by atoms with E-state index in [1.54, 1.807) is 18.0 Å². The maximum absolute atomic E-state index is 11.2. The molecule has 1 heterocycles. The van der Waals surface area contributed by atoms with Crippen LogP contribution in [0.2, 0.25) is 0 Å². The normalized spacial score (nSPS) is 40.1. The van der Waals surface area contributed by atoms with Crippen molar-refractivity contribution < 1.29 is 4.79 Å². The van der Waals surface area contributed by atoms with Crippen LogP contribution in [0.25, 0.3) is 0 Å². The third-order valence-electron chi connectivity index (χ3n) is 3.33. The first-order chi connectivity index (χ1) is 6.26. The first-order valence-electron chi connectivity index (χ1n) is 4.53. The molecule has 3 heteroatoms. The molecule has 0 amide bonds. The Balaban J connectivity index is 2.04. The maximum atomic E-state index is 11.2. The predicted molar refractivity (Wildman–Crippen MR) is 53.0 cm³/mol. The molecule has 3 aliphatic rings. The Bertz CT molecular complexity index is 347. The number of piperidine rings is 1. The maximum Gasteiger partial charge on any atom is 0.180 e. The highest BCUT2D eigenvalue weighted by molar-refractivity contribution is 7.96. The number of carbonyl (C=O) groups is 1. The molecule has 68 valence electrons. The highest BCUT2D eigenvalue weighted by atomic mass is 32.2. The van der Waals surface area contributed by atoms with E-state index in [4.69, 9.17) is 0 Å². The predicted octanol–water partition coefficient (Wildman–Crippen LogP) is 1.61. The van der Waals surface area contributed by atoms with E-state index < -0.39 is 0 Å². The minimum absolute atomic E-state index is 0.146. The monoisotopic (exact) mass is 193 g/mol. The molecule has 2 fully saturated rings. The van der Waals surface area contributed by atoms with E-state index in [0.29, 0.717) is 0 Å². The van der Waals surface area contributed by atoms with Crippen LogP contribution in [0.4, 0.5) is 0 Å². The van der Waals surface area contributed by atoms with Crippen molar-refractivity contribution in [2.75, 3.05) is 12.8 Å². The molecule has 0 bridgehead atoms. The van der Waals surface area contributed by atoms with Crippen LogP contribution < -0.4 is 0 Å². The van der Waals surface area contributed by atoms with Crippen molar-refractivity contribution in [2.45, 2.75) is 6.42 Å². The molecule has 2 unspecified atom stereocenters. The standard InChI is InChI=1S/C10H11NOS/c1-13-11-6-7-5-10(7)3-2-8(12)4-9(10)11/h2-4,7H,5-6H2,1H3. The third kappa shape index (κ3) is 0.831. The van der Waals surface area contributed by atoms with Crippen LogP contribution in [0.15, 0.2) is 23.9 Å². The molecule has 0 aromatic rings. The quantitative estimate of drug-likeness (QED) is 0.590. The van der Waals surface area contributed by atoms with E-state index in [-0.39, 0.29) is 11.2 Å². The number of hydrogen-bond acceptors (Lipinski definition) is 3. The lowest BCUT2D eigenvalue weighted by atomic mass is 9.96. The summed E-state index contributed by atoms with van der Waals surface area (Å²) in [5, 5.41) is 0. The summed E-state index contributed by atoms with van der Waals surface area (Å²) in [5.74, 6) is 0.919. The van der Waals surface area contributed by atoms with Gasteiger partial charge in [-0.3, -0.25) is 4.79 Å². The number of nitrogens with zero attached hydrogens (tertiary/aromatic N) is 1.